The fraction of sp³-hybridized carbons (Fsp3) is 0. The minimum Gasteiger partial charge on any atom is -0.264 e. The van der Waals surface area contributed by atoms with Crippen LogP contribution in [0.25, 0.3) is 199 Å². The minimum atomic E-state index is 0.674. The summed E-state index contributed by atoms with van der Waals surface area (Å²) in [6.45, 7) is 0. The highest BCUT2D eigenvalue weighted by Gasteiger charge is 2.22. The zero-order chi connectivity index (χ0) is 71.7. The predicted octanol–water partition coefficient (Wildman–Crippen LogP) is 26.7. The number of hydrogen-bond donors (Lipinski definition) is 0. The molecule has 0 amide bonds. The normalized spacial score (nSPS) is 11.3. The van der Waals surface area contributed by atoms with E-state index in [1.807, 2.05) is 36.8 Å². The van der Waals surface area contributed by atoms with Gasteiger partial charge in [0.25, 0.3) is 0 Å². The first-order valence-corrected chi connectivity index (χ1v) is 36.5. The summed E-state index contributed by atoms with van der Waals surface area (Å²) in [7, 11) is 0. The van der Waals surface area contributed by atoms with E-state index in [1.54, 1.807) is 6.20 Å². The van der Waals surface area contributed by atoms with Crippen molar-refractivity contribution >= 4 is 64.6 Å². The lowest BCUT2D eigenvalue weighted by atomic mass is 9.85. The Kier molecular flexibility index (Phi) is 16.9. The number of rotatable bonds is 12. The first-order chi connectivity index (χ1) is 53.6. The maximum Gasteiger partial charge on any atom is 0.160 e. The van der Waals surface area contributed by atoms with Gasteiger partial charge >= 0.3 is 0 Å². The Bertz CT molecular complexity index is 6650. The lowest BCUT2D eigenvalue weighted by Gasteiger charge is -2.18. The molecule has 20 rings (SSSR count). The molecule has 0 aliphatic heterocycles. The molecule has 6 heteroatoms. The number of pyridine rings is 2. The number of fused-ring (bicyclic) bond motifs is 7. The van der Waals surface area contributed by atoms with Crippen LogP contribution >= 0.6 is 0 Å². The Morgan fingerprint density at radius 3 is 0.926 bits per heavy atom. The largest absolute Gasteiger partial charge is 0.264 e. The van der Waals surface area contributed by atoms with Crippen LogP contribution in [-0.4, -0.2) is 29.9 Å². The maximum atomic E-state index is 5.43. The van der Waals surface area contributed by atoms with Crippen LogP contribution < -0.4 is 0 Å². The zero-order valence-corrected chi connectivity index (χ0v) is 58.8. The van der Waals surface area contributed by atoms with E-state index in [1.165, 1.54) is 92.6 Å². The molecule has 0 atom stereocenters. The van der Waals surface area contributed by atoms with Crippen LogP contribution in [0.4, 0.5) is 0 Å². The second kappa shape index (κ2) is 28.3. The van der Waals surface area contributed by atoms with Gasteiger partial charge in [0.05, 0.1) is 22.8 Å². The molecule has 0 fully saturated rings. The van der Waals surface area contributed by atoms with Gasteiger partial charge in [-0.1, -0.05) is 328 Å². The minimum absolute atomic E-state index is 0.674. The van der Waals surface area contributed by atoms with Gasteiger partial charge < -0.3 is 0 Å². The molecular weight excluding hydrogens is 1310 g/mol. The van der Waals surface area contributed by atoms with E-state index in [-0.39, 0.29) is 0 Å². The molecule has 0 saturated heterocycles. The van der Waals surface area contributed by atoms with Crippen LogP contribution in [0.5, 0.6) is 0 Å². The fourth-order valence-electron chi connectivity index (χ4n) is 15.7. The Balaban J connectivity index is 0.000000149. The molecule has 0 spiro atoms. The van der Waals surface area contributed by atoms with E-state index in [4.69, 9.17) is 19.9 Å². The number of nitrogens with zero attached hydrogens (tertiary/aromatic N) is 6. The van der Waals surface area contributed by atoms with Gasteiger partial charge in [-0.25, -0.2) is 19.9 Å². The van der Waals surface area contributed by atoms with Crippen molar-refractivity contribution in [1.29, 1.82) is 0 Å². The first-order valence-electron chi connectivity index (χ1n) is 36.5. The summed E-state index contributed by atoms with van der Waals surface area (Å²) < 4.78 is 0. The molecule has 4 aromatic heterocycles. The highest BCUT2D eigenvalue weighted by Crippen LogP contribution is 2.47. The summed E-state index contributed by atoms with van der Waals surface area (Å²) in [4.78, 5) is 29.8. The molecule has 0 bridgehead atoms. The molecular formula is C102H66N6. The van der Waals surface area contributed by atoms with Crippen LogP contribution in [0, 0.1) is 0 Å². The van der Waals surface area contributed by atoms with Crippen molar-refractivity contribution in [3.63, 3.8) is 0 Å². The highest BCUT2D eigenvalue weighted by molar-refractivity contribution is 6.23. The molecule has 0 aliphatic rings. The summed E-state index contributed by atoms with van der Waals surface area (Å²) in [5.41, 5.74) is 23.5. The Hall–Kier alpha value is -14.5. The molecule has 4 heterocycles. The second-order valence-corrected chi connectivity index (χ2v) is 27.2. The van der Waals surface area contributed by atoms with Gasteiger partial charge in [0.15, 0.2) is 11.6 Å². The van der Waals surface area contributed by atoms with E-state index < -0.39 is 0 Å². The van der Waals surface area contributed by atoms with E-state index in [9.17, 15) is 0 Å². The van der Waals surface area contributed by atoms with Crippen molar-refractivity contribution in [2.75, 3.05) is 0 Å². The second-order valence-electron chi connectivity index (χ2n) is 27.2. The van der Waals surface area contributed by atoms with Crippen LogP contribution in [0.15, 0.2) is 401 Å². The Morgan fingerprint density at radius 1 is 0.157 bits per heavy atom. The lowest BCUT2D eigenvalue weighted by molar-refractivity contribution is 1.18. The first kappa shape index (κ1) is 64.4. The van der Waals surface area contributed by atoms with E-state index in [2.05, 4.69) is 368 Å². The Morgan fingerprint density at radius 2 is 0.463 bits per heavy atom. The van der Waals surface area contributed by atoms with Gasteiger partial charge in [0.1, 0.15) is 0 Å². The van der Waals surface area contributed by atoms with Crippen molar-refractivity contribution in [1.82, 2.24) is 29.9 Å². The summed E-state index contributed by atoms with van der Waals surface area (Å²) in [6, 6.07) is 133. The van der Waals surface area contributed by atoms with Crippen molar-refractivity contribution in [2.45, 2.75) is 0 Å². The summed E-state index contributed by atoms with van der Waals surface area (Å²) in [5, 5.41) is 14.5. The van der Waals surface area contributed by atoms with Crippen molar-refractivity contribution in [2.24, 2.45) is 0 Å². The number of benzene rings is 16. The van der Waals surface area contributed by atoms with Crippen molar-refractivity contribution in [3.8, 4) is 135 Å². The monoisotopic (exact) mass is 1370 g/mol. The highest BCUT2D eigenvalue weighted by atomic mass is 14.9. The van der Waals surface area contributed by atoms with Crippen LogP contribution in [-0.2, 0) is 0 Å². The van der Waals surface area contributed by atoms with Crippen molar-refractivity contribution in [3.05, 3.63) is 401 Å². The van der Waals surface area contributed by atoms with Crippen LogP contribution in [0.2, 0.25) is 0 Å². The lowest BCUT2D eigenvalue weighted by Crippen LogP contribution is -1.97. The van der Waals surface area contributed by atoms with Gasteiger partial charge in [-0.05, 0) is 174 Å². The van der Waals surface area contributed by atoms with E-state index >= 15 is 0 Å². The summed E-state index contributed by atoms with van der Waals surface area (Å²) in [6.07, 6.45) is 7.40. The third-order valence-corrected chi connectivity index (χ3v) is 20.7. The molecule has 0 saturated carbocycles. The van der Waals surface area contributed by atoms with Gasteiger partial charge in [0, 0.05) is 63.7 Å². The predicted molar refractivity (Wildman–Crippen MR) is 450 cm³/mol. The van der Waals surface area contributed by atoms with Crippen molar-refractivity contribution < 1.29 is 0 Å². The average Bonchev–Trinajstić information content (AvgIpc) is 0.740. The number of aromatic nitrogens is 6. The van der Waals surface area contributed by atoms with Gasteiger partial charge in [-0.3, -0.25) is 9.97 Å². The summed E-state index contributed by atoms with van der Waals surface area (Å²) >= 11 is 0. The molecule has 0 radical (unpaired) electrons. The fourth-order valence-corrected chi connectivity index (χ4v) is 15.7. The third-order valence-electron chi connectivity index (χ3n) is 20.7. The topological polar surface area (TPSA) is 77.3 Å². The van der Waals surface area contributed by atoms with Gasteiger partial charge in [0.2, 0.25) is 0 Å². The molecule has 504 valence electrons. The molecule has 6 nitrogen and oxygen atoms in total. The smallest absolute Gasteiger partial charge is 0.160 e. The van der Waals surface area contributed by atoms with Crippen LogP contribution in [0.1, 0.15) is 0 Å². The maximum absolute atomic E-state index is 5.43. The third kappa shape index (κ3) is 12.2. The molecule has 20 aromatic rings. The number of hydrogen-bond acceptors (Lipinski definition) is 6. The molecule has 0 N–H and O–H groups in total. The Labute approximate surface area is 626 Å². The molecule has 0 aliphatic carbocycles. The quantitative estimate of drug-likeness (QED) is 0.0896. The molecule has 0 unspecified atom stereocenters. The summed E-state index contributed by atoms with van der Waals surface area (Å²) in [5.74, 6) is 1.36. The van der Waals surface area contributed by atoms with E-state index in [0.29, 0.717) is 11.6 Å². The molecule has 108 heavy (non-hydrogen) atoms. The van der Waals surface area contributed by atoms with Crippen LogP contribution in [0.3, 0.4) is 0 Å². The zero-order valence-electron chi connectivity index (χ0n) is 58.8. The van der Waals surface area contributed by atoms with E-state index in [0.717, 1.165) is 94.9 Å². The standard InChI is InChI=1S/C55H35N3.C47H31N3/c1-2-15-36(16-3-1)53-46-26-8-10-28-48(46)54(49-29-11-9-27-47(49)53)40-20-13-21-41(32-40)55-57-51(39-19-12-18-37(31-39)42-22-14-30-56-35-42)34-52(58-55)50-33-38-17-4-5-23-43(38)44-24-6-7-25-45(44)50;1-3-13-33(14-4-1)43-30-44(34-26-24-32(25-27-34)38-19-12-28-48-31-38)50-47(49-43)37-18-11-17-36(29-37)46-41-22-9-7-20-39(41)45(35-15-5-2-6-16-35)40-21-8-10-23-42(40)46/h1-35H;1-31H. The van der Waals surface area contributed by atoms with Gasteiger partial charge in [-0.15, -0.1) is 0 Å². The average molecular weight is 1380 g/mol. The van der Waals surface area contributed by atoms with Gasteiger partial charge in [-0.2, -0.15) is 0 Å². The SMILES string of the molecule is c1ccc(-c2c3ccccc3c(-c3cccc(-c4nc(-c5cccc(-c6cccnc6)c5)cc(-c5cc6ccccc6c6ccccc56)n4)c3)c3ccccc23)cc1.c1ccc(-c2cc(-c3ccc(-c4cccnc4)cc3)nc(-c3cccc(-c4c5ccccc5c(-c5ccccc5)c5ccccc45)c3)n2)cc1. The molecule has 16 aromatic carbocycles.